The molecule has 1 aromatic carbocycles. The minimum Gasteiger partial charge on any atom is -0.278 e. The number of carbonyl (C=O) groups excluding carboxylic acids is 2. The van der Waals surface area contributed by atoms with Crippen LogP contribution in [0.15, 0.2) is 36.4 Å². The summed E-state index contributed by atoms with van der Waals surface area (Å²) in [6, 6.07) is 8.73. The van der Waals surface area contributed by atoms with Gasteiger partial charge in [-0.05, 0) is 5.56 Å². The third-order valence-electron chi connectivity index (χ3n) is 1.98. The summed E-state index contributed by atoms with van der Waals surface area (Å²) in [4.78, 5) is 22.2. The molecule has 70 valence electrons. The zero-order valence-corrected chi connectivity index (χ0v) is 7.18. The largest absolute Gasteiger partial charge is 0.285 e. The van der Waals surface area contributed by atoms with Crippen LogP contribution in [0.1, 0.15) is 5.56 Å². The van der Waals surface area contributed by atoms with Crippen LogP contribution < -0.4 is 0 Å². The number of carbonyl (C=O) groups is 2. The lowest BCUT2D eigenvalue weighted by molar-refractivity contribution is -0.168. The molecule has 0 saturated carbocycles. The lowest BCUT2D eigenvalue weighted by Crippen LogP contribution is -2.26. The normalized spacial score (nSPS) is 16.1. The summed E-state index contributed by atoms with van der Waals surface area (Å²) in [6.07, 6.45) is 1.12. The van der Waals surface area contributed by atoms with Crippen LogP contribution in [-0.2, 0) is 9.59 Å². The number of hydroxylamine groups is 2. The van der Waals surface area contributed by atoms with Gasteiger partial charge < -0.3 is 0 Å². The van der Waals surface area contributed by atoms with Crippen molar-refractivity contribution in [2.24, 2.45) is 0 Å². The quantitative estimate of drug-likeness (QED) is 0.525. The molecule has 1 N–H and O–H groups in total. The average molecular weight is 189 g/mol. The van der Waals surface area contributed by atoms with Gasteiger partial charge in [0.15, 0.2) is 0 Å². The molecule has 0 radical (unpaired) electrons. The molecular formula is C10H7NO3. The molecule has 0 aromatic heterocycles. The molecule has 1 aromatic rings. The van der Waals surface area contributed by atoms with E-state index in [0.717, 1.165) is 6.08 Å². The van der Waals surface area contributed by atoms with Crippen LogP contribution in [-0.4, -0.2) is 22.1 Å². The van der Waals surface area contributed by atoms with Crippen LogP contribution in [0, 0.1) is 0 Å². The molecule has 1 aliphatic rings. The number of hydrogen-bond acceptors (Lipinski definition) is 3. The van der Waals surface area contributed by atoms with Gasteiger partial charge >= 0.3 is 0 Å². The zero-order chi connectivity index (χ0) is 10.1. The second-order valence-corrected chi connectivity index (χ2v) is 2.88. The zero-order valence-electron chi connectivity index (χ0n) is 7.18. The van der Waals surface area contributed by atoms with Gasteiger partial charge in [-0.15, -0.1) is 5.06 Å². The maximum absolute atomic E-state index is 11.3. The van der Waals surface area contributed by atoms with Gasteiger partial charge in [0.1, 0.15) is 0 Å². The highest BCUT2D eigenvalue weighted by Gasteiger charge is 2.30. The smallest absolute Gasteiger partial charge is 0.278 e. The Balaban J connectivity index is 2.43. The van der Waals surface area contributed by atoms with E-state index in [2.05, 4.69) is 0 Å². The van der Waals surface area contributed by atoms with E-state index in [1.165, 1.54) is 0 Å². The van der Waals surface area contributed by atoms with Crippen molar-refractivity contribution in [2.75, 3.05) is 0 Å². The van der Waals surface area contributed by atoms with E-state index < -0.39 is 11.8 Å². The second kappa shape index (κ2) is 3.08. The Morgan fingerprint density at radius 2 is 1.71 bits per heavy atom. The van der Waals surface area contributed by atoms with Gasteiger partial charge in [0, 0.05) is 6.08 Å². The molecule has 4 heteroatoms. The van der Waals surface area contributed by atoms with Crippen molar-refractivity contribution >= 4 is 17.4 Å². The number of nitrogens with zero attached hydrogens (tertiary/aromatic N) is 1. The number of amides is 2. The van der Waals surface area contributed by atoms with Crippen LogP contribution in [0.5, 0.6) is 0 Å². The minimum absolute atomic E-state index is 0.113. The first-order chi connectivity index (χ1) is 6.70. The highest BCUT2D eigenvalue weighted by Crippen LogP contribution is 2.21. The summed E-state index contributed by atoms with van der Waals surface area (Å²) >= 11 is 0. The summed E-state index contributed by atoms with van der Waals surface area (Å²) in [6.45, 7) is 0. The standard InChI is InChI=1S/C10H7NO3/c12-9-6-8(10(13)11(9)14)7-4-2-1-3-5-7/h1-6,14H. The fourth-order valence-corrected chi connectivity index (χ4v) is 1.29. The Hall–Kier alpha value is -1.94. The summed E-state index contributed by atoms with van der Waals surface area (Å²) in [5.41, 5.74) is 0.848. The van der Waals surface area contributed by atoms with E-state index in [0.29, 0.717) is 5.56 Å². The molecule has 0 aliphatic carbocycles. The molecular weight excluding hydrogens is 182 g/mol. The van der Waals surface area contributed by atoms with Crippen molar-refractivity contribution in [3.05, 3.63) is 42.0 Å². The van der Waals surface area contributed by atoms with Crippen molar-refractivity contribution in [1.29, 1.82) is 0 Å². The second-order valence-electron chi connectivity index (χ2n) is 2.88. The van der Waals surface area contributed by atoms with Gasteiger partial charge in [-0.3, -0.25) is 14.8 Å². The maximum atomic E-state index is 11.3. The van der Waals surface area contributed by atoms with Gasteiger partial charge in [0.05, 0.1) is 5.57 Å². The first-order valence-electron chi connectivity index (χ1n) is 4.04. The van der Waals surface area contributed by atoms with Crippen molar-refractivity contribution in [2.45, 2.75) is 0 Å². The van der Waals surface area contributed by atoms with Crippen molar-refractivity contribution in [1.82, 2.24) is 5.06 Å². The highest BCUT2D eigenvalue weighted by molar-refractivity contribution is 6.32. The Kier molecular flexibility index (Phi) is 1.90. The maximum Gasteiger partial charge on any atom is 0.285 e. The van der Waals surface area contributed by atoms with E-state index in [4.69, 9.17) is 5.21 Å². The molecule has 2 rings (SSSR count). The lowest BCUT2D eigenvalue weighted by Gasteiger charge is -2.04. The van der Waals surface area contributed by atoms with Crippen LogP contribution in [0.2, 0.25) is 0 Å². The average Bonchev–Trinajstić information content (AvgIpc) is 2.47. The Bertz CT molecular complexity index is 422. The van der Waals surface area contributed by atoms with Gasteiger partial charge in [-0.1, -0.05) is 30.3 Å². The molecule has 1 aliphatic heterocycles. The number of imide groups is 1. The molecule has 2 amide bonds. The summed E-state index contributed by atoms with van der Waals surface area (Å²) in [7, 11) is 0. The van der Waals surface area contributed by atoms with Crippen LogP contribution in [0.4, 0.5) is 0 Å². The van der Waals surface area contributed by atoms with E-state index >= 15 is 0 Å². The summed E-state index contributed by atoms with van der Waals surface area (Å²) in [5, 5.41) is 9.09. The van der Waals surface area contributed by atoms with E-state index in [9.17, 15) is 9.59 Å². The Morgan fingerprint density at radius 1 is 1.07 bits per heavy atom. The minimum atomic E-state index is -0.700. The van der Waals surface area contributed by atoms with Crippen molar-refractivity contribution < 1.29 is 14.8 Å². The van der Waals surface area contributed by atoms with E-state index in [-0.39, 0.29) is 10.6 Å². The molecule has 0 spiro atoms. The first kappa shape index (κ1) is 8.65. The Labute approximate surface area is 80.0 Å². The van der Waals surface area contributed by atoms with Gasteiger partial charge in [-0.25, -0.2) is 0 Å². The van der Waals surface area contributed by atoms with Gasteiger partial charge in [0.25, 0.3) is 11.8 Å². The third-order valence-corrected chi connectivity index (χ3v) is 1.98. The molecule has 14 heavy (non-hydrogen) atoms. The molecule has 0 bridgehead atoms. The fourth-order valence-electron chi connectivity index (χ4n) is 1.29. The van der Waals surface area contributed by atoms with Gasteiger partial charge in [-0.2, -0.15) is 0 Å². The molecule has 0 unspecified atom stereocenters. The van der Waals surface area contributed by atoms with Crippen LogP contribution in [0.3, 0.4) is 0 Å². The molecule has 1 heterocycles. The third kappa shape index (κ3) is 1.22. The van der Waals surface area contributed by atoms with Crippen LogP contribution >= 0.6 is 0 Å². The predicted octanol–water partition coefficient (Wildman–Crippen LogP) is 0.828. The SMILES string of the molecule is O=C1C=C(c2ccccc2)C(=O)N1O. The van der Waals surface area contributed by atoms with Gasteiger partial charge in [0.2, 0.25) is 0 Å². The monoisotopic (exact) mass is 189 g/mol. The molecule has 4 nitrogen and oxygen atoms in total. The number of hydrogen-bond donors (Lipinski definition) is 1. The molecule has 0 saturated heterocycles. The lowest BCUT2D eigenvalue weighted by atomic mass is 10.1. The summed E-state index contributed by atoms with van der Waals surface area (Å²) < 4.78 is 0. The first-order valence-corrected chi connectivity index (χ1v) is 4.04. The highest BCUT2D eigenvalue weighted by atomic mass is 16.5. The molecule has 0 atom stereocenters. The Morgan fingerprint density at radius 3 is 2.21 bits per heavy atom. The molecule has 0 fully saturated rings. The fraction of sp³-hybridized carbons (Fsp3) is 0. The topological polar surface area (TPSA) is 57.6 Å². The van der Waals surface area contributed by atoms with Crippen molar-refractivity contribution in [3.63, 3.8) is 0 Å². The summed E-state index contributed by atoms with van der Waals surface area (Å²) in [5.74, 6) is -1.38. The van der Waals surface area contributed by atoms with Crippen LogP contribution in [0.25, 0.3) is 5.57 Å². The van der Waals surface area contributed by atoms with E-state index in [1.54, 1.807) is 24.3 Å². The van der Waals surface area contributed by atoms with E-state index in [1.807, 2.05) is 6.07 Å². The van der Waals surface area contributed by atoms with Crippen molar-refractivity contribution in [3.8, 4) is 0 Å². The number of benzene rings is 1. The predicted molar refractivity (Wildman–Crippen MR) is 48.1 cm³/mol. The number of rotatable bonds is 1.